The Labute approximate surface area is 279 Å². The molecule has 3 aromatic carbocycles. The van der Waals surface area contributed by atoms with Crippen LogP contribution in [0.1, 0.15) is 73.4 Å². The second-order valence-corrected chi connectivity index (χ2v) is 12.7. The van der Waals surface area contributed by atoms with Crippen molar-refractivity contribution in [3.05, 3.63) is 101 Å². The molecule has 2 saturated heterocycles. The third-order valence-corrected chi connectivity index (χ3v) is 9.28. The largest absolute Gasteiger partial charge is 0.393 e. The quantitative estimate of drug-likeness (QED) is 0.101. The SMILES string of the molecule is CCc1ccc([C@@H](O)CC[C@H]2C(=O)N(c3ccc(F)cc3)[C@@H]2c2ccc(CCCOC[C@H]3C[C@@H](O)C[C@@H](COI)O3)cc2)cc1. The third-order valence-electron chi connectivity index (χ3n) is 8.93. The van der Waals surface area contributed by atoms with Gasteiger partial charge in [-0.3, -0.25) is 4.79 Å². The molecule has 5 rings (SSSR count). The molecular weight excluding hydrogens is 688 g/mol. The van der Waals surface area contributed by atoms with E-state index >= 15 is 0 Å². The lowest BCUT2D eigenvalue weighted by Crippen LogP contribution is -2.55. The van der Waals surface area contributed by atoms with E-state index in [1.54, 1.807) is 17.0 Å². The van der Waals surface area contributed by atoms with Crippen LogP contribution in [0, 0.1) is 11.7 Å². The summed E-state index contributed by atoms with van der Waals surface area (Å²) in [5.74, 6) is -0.629. The lowest BCUT2D eigenvalue weighted by molar-refractivity contribution is -0.131. The molecule has 9 heteroatoms. The van der Waals surface area contributed by atoms with Crippen LogP contribution < -0.4 is 4.90 Å². The summed E-state index contributed by atoms with van der Waals surface area (Å²) >= 11 is 1.84. The van der Waals surface area contributed by atoms with Crippen LogP contribution in [-0.4, -0.2) is 54.3 Å². The molecule has 2 N–H and O–H groups in total. The van der Waals surface area contributed by atoms with Crippen LogP contribution in [0.15, 0.2) is 72.8 Å². The zero-order valence-corrected chi connectivity index (χ0v) is 27.9. The summed E-state index contributed by atoms with van der Waals surface area (Å²) in [6.45, 7) is 3.59. The Kier molecular flexibility index (Phi) is 12.4. The molecule has 2 heterocycles. The Bertz CT molecular complexity index is 1360. The number of halogens is 2. The van der Waals surface area contributed by atoms with E-state index in [9.17, 15) is 19.4 Å². The van der Waals surface area contributed by atoms with Crippen LogP contribution in [0.5, 0.6) is 0 Å². The molecule has 7 nitrogen and oxygen atoms in total. The molecule has 0 saturated carbocycles. The van der Waals surface area contributed by atoms with Gasteiger partial charge in [-0.15, -0.1) is 0 Å². The first kappa shape index (κ1) is 33.9. The van der Waals surface area contributed by atoms with Gasteiger partial charge in [0.05, 0.1) is 49.6 Å². The molecule has 0 spiro atoms. The fourth-order valence-corrected chi connectivity index (χ4v) is 6.83. The molecule has 1 amide bonds. The van der Waals surface area contributed by atoms with Crippen LogP contribution in [0.4, 0.5) is 10.1 Å². The van der Waals surface area contributed by atoms with Crippen LogP contribution in [0.3, 0.4) is 0 Å². The molecule has 2 aliphatic rings. The average molecular weight is 732 g/mol. The number of hydrogen-bond donors (Lipinski definition) is 2. The smallest absolute Gasteiger partial charge is 0.233 e. The molecule has 0 aromatic heterocycles. The number of benzene rings is 3. The van der Waals surface area contributed by atoms with E-state index < -0.39 is 12.2 Å². The Morgan fingerprint density at radius 3 is 2.31 bits per heavy atom. The van der Waals surface area contributed by atoms with Crippen LogP contribution in [-0.2, 0) is 30.2 Å². The Hall–Kier alpha value is -2.41. The number of amides is 1. The van der Waals surface area contributed by atoms with Crippen molar-refractivity contribution in [1.29, 1.82) is 0 Å². The lowest BCUT2D eigenvalue weighted by atomic mass is 9.78. The number of nitrogens with zero attached hydrogens (tertiary/aromatic N) is 1. The van der Waals surface area contributed by atoms with Gasteiger partial charge in [-0.1, -0.05) is 55.5 Å². The molecule has 2 aliphatic heterocycles. The number of carbonyl (C=O) groups excluding carboxylic acids is 1. The monoisotopic (exact) mass is 731 g/mol. The third kappa shape index (κ3) is 8.90. The topological polar surface area (TPSA) is 88.5 Å². The van der Waals surface area contributed by atoms with E-state index in [1.807, 2.05) is 47.3 Å². The predicted molar refractivity (Wildman–Crippen MR) is 180 cm³/mol. The second-order valence-electron chi connectivity index (χ2n) is 12.1. The van der Waals surface area contributed by atoms with Gasteiger partial charge in [0.2, 0.25) is 5.91 Å². The number of carbonyl (C=O) groups is 1. The molecule has 45 heavy (non-hydrogen) atoms. The van der Waals surface area contributed by atoms with Gasteiger partial charge >= 0.3 is 0 Å². The van der Waals surface area contributed by atoms with Crippen molar-refractivity contribution < 1.29 is 31.9 Å². The number of aryl methyl sites for hydroxylation is 2. The number of anilines is 1. The minimum atomic E-state index is -0.643. The molecule has 6 atom stereocenters. The van der Waals surface area contributed by atoms with Gasteiger partial charge in [0.1, 0.15) is 28.8 Å². The number of aliphatic hydroxyl groups is 2. The molecule has 2 fully saturated rings. The lowest BCUT2D eigenvalue weighted by Gasteiger charge is -2.48. The summed E-state index contributed by atoms with van der Waals surface area (Å²) in [4.78, 5) is 15.2. The molecule has 0 bridgehead atoms. The van der Waals surface area contributed by atoms with Gasteiger partial charge < -0.3 is 27.7 Å². The summed E-state index contributed by atoms with van der Waals surface area (Å²) in [7, 11) is 0. The standard InChI is InChI=1S/C36H43FINO6/c1-2-24-5-9-26(10-6-24)34(41)18-17-33-35(39(36(33)42)29-15-13-28(37)14-16-29)27-11-7-25(8-12-27)4-3-19-43-22-31-20-30(40)21-32(45-31)23-44-38/h5-16,30-35,40-41H,2-4,17-23H2,1H3/t30-,31-,32+,33-,34+,35-/m1/s1. The number of ether oxygens (including phenoxy) is 2. The fraction of sp³-hybridized carbons (Fsp3) is 0.472. The highest BCUT2D eigenvalue weighted by Crippen LogP contribution is 2.46. The van der Waals surface area contributed by atoms with E-state index in [1.165, 1.54) is 23.3 Å². The molecule has 242 valence electrons. The van der Waals surface area contributed by atoms with Gasteiger partial charge in [-0.05, 0) is 78.6 Å². The zero-order valence-electron chi connectivity index (χ0n) is 25.7. The Morgan fingerprint density at radius 1 is 0.978 bits per heavy atom. The van der Waals surface area contributed by atoms with Crippen LogP contribution >= 0.6 is 23.0 Å². The highest BCUT2D eigenvalue weighted by Gasteiger charge is 2.48. The van der Waals surface area contributed by atoms with Gasteiger partial charge in [-0.2, -0.15) is 0 Å². The van der Waals surface area contributed by atoms with E-state index in [0.29, 0.717) is 51.2 Å². The first-order valence-electron chi connectivity index (χ1n) is 16.0. The van der Waals surface area contributed by atoms with Crippen LogP contribution in [0.25, 0.3) is 0 Å². The number of aliphatic hydroxyl groups excluding tert-OH is 2. The van der Waals surface area contributed by atoms with Crippen molar-refractivity contribution in [2.24, 2.45) is 5.92 Å². The first-order valence-corrected chi connectivity index (χ1v) is 16.8. The maximum absolute atomic E-state index is 13.7. The summed E-state index contributed by atoms with van der Waals surface area (Å²) in [5, 5.41) is 21.0. The van der Waals surface area contributed by atoms with Crippen molar-refractivity contribution in [2.45, 2.75) is 82.3 Å². The second kappa shape index (κ2) is 16.4. The van der Waals surface area contributed by atoms with Crippen molar-refractivity contribution >= 4 is 34.6 Å². The fourth-order valence-electron chi connectivity index (χ4n) is 6.43. The summed E-state index contributed by atoms with van der Waals surface area (Å²) in [5.41, 5.74) is 4.94. The van der Waals surface area contributed by atoms with E-state index in [-0.39, 0.29) is 35.9 Å². The number of rotatable bonds is 15. The molecule has 0 aliphatic carbocycles. The number of hydrogen-bond acceptors (Lipinski definition) is 6. The minimum Gasteiger partial charge on any atom is -0.393 e. The maximum Gasteiger partial charge on any atom is 0.233 e. The van der Waals surface area contributed by atoms with E-state index in [2.05, 4.69) is 31.2 Å². The maximum atomic E-state index is 13.7. The summed E-state index contributed by atoms with van der Waals surface area (Å²) in [6, 6.07) is 22.2. The van der Waals surface area contributed by atoms with Crippen molar-refractivity contribution in [3.63, 3.8) is 0 Å². The highest BCUT2D eigenvalue weighted by molar-refractivity contribution is 14.1. The summed E-state index contributed by atoms with van der Waals surface area (Å²) < 4.78 is 30.7. The van der Waals surface area contributed by atoms with Crippen LogP contribution in [0.2, 0.25) is 0 Å². The van der Waals surface area contributed by atoms with Gasteiger partial charge in [0.15, 0.2) is 0 Å². The van der Waals surface area contributed by atoms with Crippen molar-refractivity contribution in [2.75, 3.05) is 24.7 Å². The van der Waals surface area contributed by atoms with Crippen molar-refractivity contribution in [3.8, 4) is 0 Å². The van der Waals surface area contributed by atoms with Crippen molar-refractivity contribution in [1.82, 2.24) is 0 Å². The first-order chi connectivity index (χ1) is 21.9. The van der Waals surface area contributed by atoms with E-state index in [4.69, 9.17) is 12.5 Å². The predicted octanol–water partition coefficient (Wildman–Crippen LogP) is 6.83. The van der Waals surface area contributed by atoms with Gasteiger partial charge in [0, 0.05) is 25.1 Å². The number of β-lactam (4-membered cyclic amide) rings is 1. The Morgan fingerprint density at radius 2 is 1.64 bits per heavy atom. The van der Waals surface area contributed by atoms with Gasteiger partial charge in [-0.25, -0.2) is 4.39 Å². The minimum absolute atomic E-state index is 0.0102. The van der Waals surface area contributed by atoms with Gasteiger partial charge in [0.25, 0.3) is 0 Å². The zero-order chi connectivity index (χ0) is 31.8. The van der Waals surface area contributed by atoms with E-state index in [0.717, 1.165) is 30.4 Å². The normalized spacial score (nSPS) is 24.0. The molecule has 0 unspecified atom stereocenters. The Balaban J connectivity index is 1.17. The molecule has 3 aromatic rings. The molecule has 0 radical (unpaired) electrons. The highest BCUT2D eigenvalue weighted by atomic mass is 127. The summed E-state index contributed by atoms with van der Waals surface area (Å²) in [6.07, 6.45) is 3.54. The average Bonchev–Trinajstić information content (AvgIpc) is 3.04. The molecular formula is C36H43FINO6.